The van der Waals surface area contributed by atoms with Crippen LogP contribution < -0.4 is 5.32 Å². The monoisotopic (exact) mass is 750 g/mol. The Morgan fingerprint density at radius 3 is 1.77 bits per heavy atom. The summed E-state index contributed by atoms with van der Waals surface area (Å²) < 4.78 is 23.4. The lowest BCUT2D eigenvalue weighted by atomic mass is 10.1. The number of carbonyl (C=O) groups excluding carboxylic acids is 1. The number of likely N-dealkylation sites (N-methyl/N-ethyl adjacent to an activating group) is 1. The second-order valence-electron chi connectivity index (χ2n) is 14.6. The predicted molar refractivity (Wildman–Crippen MR) is 221 cm³/mol. The zero-order valence-corrected chi connectivity index (χ0v) is 34.7. The summed E-state index contributed by atoms with van der Waals surface area (Å²) in [7, 11) is 1.52. The third kappa shape index (κ3) is 36.3. The van der Waals surface area contributed by atoms with Crippen LogP contribution in [0.15, 0.2) is 72.9 Å². The van der Waals surface area contributed by atoms with Gasteiger partial charge in [0.2, 0.25) is 5.91 Å². The molecule has 0 aliphatic heterocycles. The van der Waals surface area contributed by atoms with Crippen LogP contribution in [0.5, 0.6) is 0 Å². The third-order valence-electron chi connectivity index (χ3n) is 8.47. The van der Waals surface area contributed by atoms with Gasteiger partial charge in [-0.15, -0.1) is 0 Å². The summed E-state index contributed by atoms with van der Waals surface area (Å²) in [6.07, 6.45) is 45.7. The first-order chi connectivity index (χ1) is 25.0. The highest BCUT2D eigenvalue weighted by atomic mass is 31.2. The SMILES string of the molecule is C/C=C/CC/C=C/CC/C=C/C(O)C(COP(=O)(O)OCC[N+](C)(C)C)NC(=O)CCCCCCCC/C=C\C/C=C\C/C=C\CCCCCCC. The van der Waals surface area contributed by atoms with Crippen molar-refractivity contribution < 1.29 is 32.9 Å². The first-order valence-electron chi connectivity index (χ1n) is 20.3. The van der Waals surface area contributed by atoms with Gasteiger partial charge in [-0.05, 0) is 77.6 Å². The van der Waals surface area contributed by atoms with E-state index >= 15 is 0 Å². The number of hydrogen-bond donors (Lipinski definition) is 3. The van der Waals surface area contributed by atoms with Crippen LogP contribution >= 0.6 is 7.82 Å². The Kier molecular flexibility index (Phi) is 33.3. The number of hydrogen-bond acceptors (Lipinski definition) is 5. The highest BCUT2D eigenvalue weighted by Crippen LogP contribution is 2.43. The molecule has 3 atom stereocenters. The highest BCUT2D eigenvalue weighted by molar-refractivity contribution is 7.47. The van der Waals surface area contributed by atoms with E-state index in [0.29, 0.717) is 17.4 Å². The molecule has 0 bridgehead atoms. The Bertz CT molecular complexity index is 1080. The Labute approximate surface area is 319 Å². The molecule has 0 heterocycles. The molecule has 0 aliphatic carbocycles. The van der Waals surface area contributed by atoms with Crippen molar-refractivity contribution in [1.82, 2.24) is 5.32 Å². The van der Waals surface area contributed by atoms with Crippen molar-refractivity contribution in [3.63, 3.8) is 0 Å². The van der Waals surface area contributed by atoms with Gasteiger partial charge in [0.1, 0.15) is 13.2 Å². The summed E-state index contributed by atoms with van der Waals surface area (Å²) in [6, 6.07) is -0.877. The van der Waals surface area contributed by atoms with Gasteiger partial charge >= 0.3 is 7.82 Å². The zero-order chi connectivity index (χ0) is 38.6. The number of rotatable bonds is 35. The van der Waals surface area contributed by atoms with E-state index in [0.717, 1.165) is 70.6 Å². The van der Waals surface area contributed by atoms with E-state index < -0.39 is 20.0 Å². The smallest absolute Gasteiger partial charge is 0.387 e. The Balaban J connectivity index is 4.41. The van der Waals surface area contributed by atoms with E-state index in [1.165, 1.54) is 51.4 Å². The number of phosphoric ester groups is 1. The van der Waals surface area contributed by atoms with Crippen molar-refractivity contribution in [3.8, 4) is 0 Å². The Morgan fingerprint density at radius 2 is 1.19 bits per heavy atom. The molecule has 1 amide bonds. The molecule has 0 fully saturated rings. The van der Waals surface area contributed by atoms with Gasteiger partial charge in [0.05, 0.1) is 39.9 Å². The van der Waals surface area contributed by atoms with Crippen LogP contribution in [0.25, 0.3) is 0 Å². The molecule has 0 saturated heterocycles. The van der Waals surface area contributed by atoms with Crippen molar-refractivity contribution in [2.24, 2.45) is 0 Å². The van der Waals surface area contributed by atoms with E-state index in [2.05, 4.69) is 66.9 Å². The molecule has 0 saturated carbocycles. The summed E-state index contributed by atoms with van der Waals surface area (Å²) in [5.41, 5.74) is 0. The van der Waals surface area contributed by atoms with Crippen LogP contribution in [0.1, 0.15) is 142 Å². The fraction of sp³-hybridized carbons (Fsp3) is 0.698. The standard InChI is InChI=1S/C43H77N2O6P/c1-6-8-10-12-14-16-17-18-19-20-21-22-23-24-25-26-27-29-31-33-35-37-43(47)44-41(40-51-52(48,49)50-39-38-45(3,4)5)42(46)36-34-32-30-28-15-13-11-9-7-2/h7,9,15,17-18,20-21,23-24,28,34,36,41-42,46H,6,8,10-14,16,19,22,25-27,29-33,35,37-40H2,1-5H3,(H-,44,47,48,49)/p+1/b9-7+,18-17-,21-20-,24-23-,28-15+,36-34+. The largest absolute Gasteiger partial charge is 0.472 e. The average molecular weight is 750 g/mol. The molecule has 0 aromatic rings. The molecular weight excluding hydrogens is 671 g/mol. The van der Waals surface area contributed by atoms with E-state index in [1.54, 1.807) is 6.08 Å². The zero-order valence-electron chi connectivity index (χ0n) is 33.8. The maximum absolute atomic E-state index is 12.8. The van der Waals surface area contributed by atoms with Crippen molar-refractivity contribution >= 4 is 13.7 Å². The first kappa shape index (κ1) is 49.9. The summed E-state index contributed by atoms with van der Waals surface area (Å²) in [5, 5.41) is 13.7. The minimum absolute atomic E-state index is 0.0466. The number of quaternary nitrogens is 1. The van der Waals surface area contributed by atoms with Crippen LogP contribution in [0.3, 0.4) is 0 Å². The maximum Gasteiger partial charge on any atom is 0.472 e. The summed E-state index contributed by atoms with van der Waals surface area (Å²) in [4.78, 5) is 23.0. The topological polar surface area (TPSA) is 105 Å². The number of carbonyl (C=O) groups is 1. The molecule has 3 N–H and O–H groups in total. The number of aliphatic hydroxyl groups excluding tert-OH is 1. The van der Waals surface area contributed by atoms with Gasteiger partial charge in [-0.2, -0.15) is 0 Å². The predicted octanol–water partition coefficient (Wildman–Crippen LogP) is 10.9. The fourth-order valence-corrected chi connectivity index (χ4v) is 5.94. The summed E-state index contributed by atoms with van der Waals surface area (Å²) in [5.74, 6) is -0.211. The lowest BCUT2D eigenvalue weighted by Crippen LogP contribution is -2.45. The second-order valence-corrected chi connectivity index (χ2v) is 16.1. The quantitative estimate of drug-likeness (QED) is 0.0258. The molecule has 0 rings (SSSR count). The number of nitrogens with zero attached hydrogens (tertiary/aromatic N) is 1. The Morgan fingerprint density at radius 1 is 0.692 bits per heavy atom. The molecule has 0 aromatic heterocycles. The molecule has 0 aliphatic rings. The van der Waals surface area contributed by atoms with Crippen molar-refractivity contribution in [2.45, 2.75) is 154 Å². The normalized spacial score (nSPS) is 15.3. The van der Waals surface area contributed by atoms with Gasteiger partial charge in [0.15, 0.2) is 0 Å². The molecule has 52 heavy (non-hydrogen) atoms. The molecule has 8 nitrogen and oxygen atoms in total. The van der Waals surface area contributed by atoms with Crippen molar-refractivity contribution in [2.75, 3.05) is 40.9 Å². The van der Waals surface area contributed by atoms with E-state index in [4.69, 9.17) is 9.05 Å². The van der Waals surface area contributed by atoms with Gasteiger partial charge in [-0.3, -0.25) is 13.8 Å². The van der Waals surface area contributed by atoms with Crippen LogP contribution in [-0.4, -0.2) is 73.4 Å². The lowest BCUT2D eigenvalue weighted by Gasteiger charge is -2.25. The third-order valence-corrected chi connectivity index (χ3v) is 9.46. The summed E-state index contributed by atoms with van der Waals surface area (Å²) in [6.45, 7) is 4.49. The molecule has 0 radical (unpaired) electrons. The minimum atomic E-state index is -4.35. The number of aliphatic hydroxyl groups is 1. The molecule has 300 valence electrons. The van der Waals surface area contributed by atoms with Gasteiger partial charge in [0.25, 0.3) is 0 Å². The molecule has 9 heteroatoms. The number of amides is 1. The van der Waals surface area contributed by atoms with E-state index in [-0.39, 0.29) is 19.1 Å². The molecule has 3 unspecified atom stereocenters. The van der Waals surface area contributed by atoms with E-state index in [9.17, 15) is 19.4 Å². The van der Waals surface area contributed by atoms with Crippen molar-refractivity contribution in [3.05, 3.63) is 72.9 Å². The van der Waals surface area contributed by atoms with E-state index in [1.807, 2.05) is 40.2 Å². The first-order valence-corrected chi connectivity index (χ1v) is 21.8. The van der Waals surface area contributed by atoms with Gasteiger partial charge in [-0.25, -0.2) is 4.57 Å². The molecular formula is C43H78N2O6P+. The Hall–Kier alpha value is -2.06. The average Bonchev–Trinajstić information content (AvgIpc) is 3.09. The maximum atomic E-state index is 12.8. The minimum Gasteiger partial charge on any atom is -0.387 e. The second kappa shape index (κ2) is 34.7. The number of nitrogens with one attached hydrogen (secondary N) is 1. The summed E-state index contributed by atoms with van der Waals surface area (Å²) >= 11 is 0. The van der Waals surface area contributed by atoms with Crippen LogP contribution in [0, 0.1) is 0 Å². The molecule has 0 aromatic carbocycles. The number of unbranched alkanes of at least 4 members (excludes halogenated alkanes) is 13. The van der Waals surface area contributed by atoms with Gasteiger partial charge in [-0.1, -0.05) is 131 Å². The van der Waals surface area contributed by atoms with Crippen LogP contribution in [-0.2, 0) is 18.4 Å². The molecule has 0 spiro atoms. The fourth-order valence-electron chi connectivity index (χ4n) is 5.20. The van der Waals surface area contributed by atoms with Crippen LogP contribution in [0.2, 0.25) is 0 Å². The van der Waals surface area contributed by atoms with Gasteiger partial charge in [0, 0.05) is 6.42 Å². The van der Waals surface area contributed by atoms with Crippen LogP contribution in [0.4, 0.5) is 0 Å². The number of allylic oxidation sites excluding steroid dienone is 11. The number of phosphoric acid groups is 1. The highest BCUT2D eigenvalue weighted by Gasteiger charge is 2.27. The van der Waals surface area contributed by atoms with Crippen molar-refractivity contribution in [1.29, 1.82) is 0 Å². The van der Waals surface area contributed by atoms with Gasteiger partial charge < -0.3 is 19.8 Å². The lowest BCUT2D eigenvalue weighted by molar-refractivity contribution is -0.870.